The fourth-order valence-electron chi connectivity index (χ4n) is 3.69. The highest BCUT2D eigenvalue weighted by atomic mass is 35.5. The van der Waals surface area contributed by atoms with Gasteiger partial charge in [0, 0.05) is 42.5 Å². The molecule has 2 aromatic carbocycles. The number of morpholine rings is 1. The molecule has 0 unspecified atom stereocenters. The molecule has 2 heterocycles. The van der Waals surface area contributed by atoms with E-state index in [0.717, 1.165) is 59.6 Å². The second-order valence-electron chi connectivity index (χ2n) is 7.83. The lowest BCUT2D eigenvalue weighted by Gasteiger charge is -2.29. The molecule has 0 saturated carbocycles. The fourth-order valence-corrected chi connectivity index (χ4v) is 5.97. The van der Waals surface area contributed by atoms with Crippen molar-refractivity contribution in [2.24, 2.45) is 0 Å². The second kappa shape index (κ2) is 12.4. The van der Waals surface area contributed by atoms with Gasteiger partial charge in [-0.2, -0.15) is 0 Å². The SMILES string of the molecule is COc1ccc(Cl)c2sc(N(CCN3CCOCC3)C(=O)CCCSc3ccc(Cl)cc3)nc12. The molecule has 0 radical (unpaired) electrons. The molecule has 4 rings (SSSR count). The molecule has 1 aromatic heterocycles. The van der Waals surface area contributed by atoms with E-state index in [2.05, 4.69) is 4.90 Å². The van der Waals surface area contributed by atoms with E-state index < -0.39 is 0 Å². The normalized spacial score (nSPS) is 14.4. The molecule has 6 nitrogen and oxygen atoms in total. The monoisotopic (exact) mass is 539 g/mol. The third-order valence-corrected chi connectivity index (χ3v) is 8.45. The maximum Gasteiger partial charge on any atom is 0.228 e. The average Bonchev–Trinajstić information content (AvgIpc) is 3.30. The zero-order chi connectivity index (χ0) is 23.9. The maximum atomic E-state index is 13.3. The van der Waals surface area contributed by atoms with Crippen LogP contribution in [0.4, 0.5) is 5.13 Å². The lowest BCUT2D eigenvalue weighted by Crippen LogP contribution is -2.43. The summed E-state index contributed by atoms with van der Waals surface area (Å²) < 4.78 is 11.8. The molecule has 0 aliphatic carbocycles. The summed E-state index contributed by atoms with van der Waals surface area (Å²) in [6.45, 7) is 4.55. The van der Waals surface area contributed by atoms with Gasteiger partial charge in [0.15, 0.2) is 5.13 Å². The first-order chi connectivity index (χ1) is 16.5. The minimum Gasteiger partial charge on any atom is -0.494 e. The third-order valence-electron chi connectivity index (χ3n) is 5.56. The van der Waals surface area contributed by atoms with Crippen molar-refractivity contribution >= 4 is 67.6 Å². The Bertz CT molecular complexity index is 1100. The molecule has 1 amide bonds. The van der Waals surface area contributed by atoms with Crippen LogP contribution in [0, 0.1) is 0 Å². The predicted octanol–water partition coefficient (Wildman–Crippen LogP) is 5.85. The van der Waals surface area contributed by atoms with Gasteiger partial charge in [-0.1, -0.05) is 34.5 Å². The van der Waals surface area contributed by atoms with Gasteiger partial charge in [-0.15, -0.1) is 11.8 Å². The molecule has 0 bridgehead atoms. The number of aromatic nitrogens is 1. The Morgan fingerprint density at radius 1 is 1.21 bits per heavy atom. The number of rotatable bonds is 10. The Hall–Kier alpha value is -1.55. The predicted molar refractivity (Wildman–Crippen MR) is 142 cm³/mol. The van der Waals surface area contributed by atoms with Crippen LogP contribution in [0.1, 0.15) is 12.8 Å². The molecule has 3 aromatic rings. The highest BCUT2D eigenvalue weighted by molar-refractivity contribution is 7.99. The minimum atomic E-state index is 0.0686. The molecular weight excluding hydrogens is 513 g/mol. The number of hydrogen-bond donors (Lipinski definition) is 0. The van der Waals surface area contributed by atoms with Gasteiger partial charge in [-0.25, -0.2) is 4.98 Å². The lowest BCUT2D eigenvalue weighted by atomic mass is 10.3. The first-order valence-corrected chi connectivity index (χ1v) is 13.7. The number of thiazole rings is 1. The van der Waals surface area contributed by atoms with Crippen molar-refractivity contribution in [1.82, 2.24) is 9.88 Å². The zero-order valence-electron chi connectivity index (χ0n) is 19.0. The number of benzene rings is 2. The highest BCUT2D eigenvalue weighted by Crippen LogP contribution is 2.39. The zero-order valence-corrected chi connectivity index (χ0v) is 22.1. The quantitative estimate of drug-likeness (QED) is 0.238. The summed E-state index contributed by atoms with van der Waals surface area (Å²) >= 11 is 15.6. The summed E-state index contributed by atoms with van der Waals surface area (Å²) in [7, 11) is 1.61. The Balaban J connectivity index is 1.45. The Kier molecular flexibility index (Phi) is 9.33. The average molecular weight is 541 g/mol. The summed E-state index contributed by atoms with van der Waals surface area (Å²) in [4.78, 5) is 23.4. The smallest absolute Gasteiger partial charge is 0.228 e. The van der Waals surface area contributed by atoms with E-state index in [1.165, 1.54) is 11.3 Å². The van der Waals surface area contributed by atoms with Gasteiger partial charge in [0.05, 0.1) is 30.0 Å². The van der Waals surface area contributed by atoms with Crippen LogP contribution in [0.2, 0.25) is 10.0 Å². The molecular formula is C24H27Cl2N3O3S2. The number of thioether (sulfide) groups is 1. The number of anilines is 1. The molecule has 182 valence electrons. The Labute approximate surface area is 218 Å². The lowest BCUT2D eigenvalue weighted by molar-refractivity contribution is -0.118. The largest absolute Gasteiger partial charge is 0.494 e. The van der Waals surface area contributed by atoms with E-state index in [0.29, 0.717) is 34.4 Å². The number of ether oxygens (including phenoxy) is 2. The van der Waals surface area contributed by atoms with Crippen LogP contribution in [0.3, 0.4) is 0 Å². The van der Waals surface area contributed by atoms with Gasteiger partial charge in [-0.05, 0) is 48.6 Å². The van der Waals surface area contributed by atoms with Gasteiger partial charge < -0.3 is 9.47 Å². The van der Waals surface area contributed by atoms with E-state index in [4.69, 9.17) is 37.7 Å². The number of methoxy groups -OCH3 is 1. The summed E-state index contributed by atoms with van der Waals surface area (Å²) in [6.07, 6.45) is 1.22. The third kappa shape index (κ3) is 6.56. The first kappa shape index (κ1) is 25.5. The number of carbonyl (C=O) groups excluding carboxylic acids is 1. The number of nitrogens with zero attached hydrogens (tertiary/aromatic N) is 3. The fraction of sp³-hybridized carbons (Fsp3) is 0.417. The maximum absolute atomic E-state index is 13.3. The molecule has 0 atom stereocenters. The summed E-state index contributed by atoms with van der Waals surface area (Å²) in [5.41, 5.74) is 0.692. The van der Waals surface area contributed by atoms with Gasteiger partial charge in [0.25, 0.3) is 0 Å². The van der Waals surface area contributed by atoms with E-state index >= 15 is 0 Å². The standard InChI is InChI=1S/C24H27Cl2N3O3S2/c1-31-20-9-8-19(26)23-22(20)27-24(34-23)29(11-10-28-12-14-32-15-13-28)21(30)3-2-16-33-18-6-4-17(25)5-7-18/h4-9H,2-3,10-16H2,1H3. The first-order valence-electron chi connectivity index (χ1n) is 11.2. The van der Waals surface area contributed by atoms with Gasteiger partial charge in [0.2, 0.25) is 5.91 Å². The summed E-state index contributed by atoms with van der Waals surface area (Å²) in [5.74, 6) is 1.57. The number of halogens is 2. The number of amides is 1. The molecule has 10 heteroatoms. The van der Waals surface area contributed by atoms with Gasteiger partial charge in [-0.3, -0.25) is 14.6 Å². The Morgan fingerprint density at radius 3 is 2.71 bits per heavy atom. The van der Waals surface area contributed by atoms with Crippen molar-refractivity contribution < 1.29 is 14.3 Å². The van der Waals surface area contributed by atoms with E-state index in [1.54, 1.807) is 24.9 Å². The second-order valence-corrected chi connectivity index (χ2v) is 10.8. The van der Waals surface area contributed by atoms with Crippen molar-refractivity contribution in [2.45, 2.75) is 17.7 Å². The molecule has 34 heavy (non-hydrogen) atoms. The van der Waals surface area contributed by atoms with Crippen LogP contribution >= 0.6 is 46.3 Å². The van der Waals surface area contributed by atoms with E-state index in [1.807, 2.05) is 35.2 Å². The molecule has 0 N–H and O–H groups in total. The number of carbonyl (C=O) groups is 1. The van der Waals surface area contributed by atoms with Crippen LogP contribution in [0.15, 0.2) is 41.3 Å². The highest BCUT2D eigenvalue weighted by Gasteiger charge is 2.23. The summed E-state index contributed by atoms with van der Waals surface area (Å²) in [6, 6.07) is 11.4. The minimum absolute atomic E-state index is 0.0686. The van der Waals surface area contributed by atoms with Crippen molar-refractivity contribution in [3.63, 3.8) is 0 Å². The van der Waals surface area contributed by atoms with E-state index in [9.17, 15) is 4.79 Å². The van der Waals surface area contributed by atoms with Crippen LogP contribution in [0.25, 0.3) is 10.2 Å². The topological polar surface area (TPSA) is 54.9 Å². The number of hydrogen-bond acceptors (Lipinski definition) is 7. The van der Waals surface area contributed by atoms with Crippen molar-refractivity contribution in [3.8, 4) is 5.75 Å². The molecule has 1 fully saturated rings. The van der Waals surface area contributed by atoms with Crippen molar-refractivity contribution in [2.75, 3.05) is 57.2 Å². The Morgan fingerprint density at radius 2 is 1.97 bits per heavy atom. The van der Waals surface area contributed by atoms with Crippen LogP contribution in [-0.4, -0.2) is 68.0 Å². The molecule has 1 aliphatic rings. The van der Waals surface area contributed by atoms with Gasteiger partial charge >= 0.3 is 0 Å². The molecule has 1 aliphatic heterocycles. The van der Waals surface area contributed by atoms with Crippen LogP contribution in [0.5, 0.6) is 5.75 Å². The van der Waals surface area contributed by atoms with Crippen molar-refractivity contribution in [3.05, 3.63) is 46.4 Å². The molecule has 1 saturated heterocycles. The van der Waals surface area contributed by atoms with Crippen LogP contribution < -0.4 is 9.64 Å². The van der Waals surface area contributed by atoms with Crippen LogP contribution in [-0.2, 0) is 9.53 Å². The molecule has 0 spiro atoms. The van der Waals surface area contributed by atoms with Gasteiger partial charge in [0.1, 0.15) is 11.3 Å². The number of fused-ring (bicyclic) bond motifs is 1. The van der Waals surface area contributed by atoms with Crippen molar-refractivity contribution in [1.29, 1.82) is 0 Å². The van der Waals surface area contributed by atoms with E-state index in [-0.39, 0.29) is 5.91 Å². The summed E-state index contributed by atoms with van der Waals surface area (Å²) in [5, 5.41) is 1.99.